The van der Waals surface area contributed by atoms with Gasteiger partial charge in [0.25, 0.3) is 5.91 Å². The number of rotatable bonds is 5. The van der Waals surface area contributed by atoms with Crippen LogP contribution in [0.3, 0.4) is 0 Å². The molecule has 0 unspecified atom stereocenters. The average molecular weight is 381 g/mol. The van der Waals surface area contributed by atoms with E-state index in [1.165, 1.54) is 48.5 Å². The summed E-state index contributed by atoms with van der Waals surface area (Å²) < 4.78 is 26.9. The lowest BCUT2D eigenvalue weighted by Gasteiger charge is -2.07. The Bertz CT molecular complexity index is 966. The van der Waals surface area contributed by atoms with Crippen molar-refractivity contribution >= 4 is 28.8 Å². The van der Waals surface area contributed by atoms with Gasteiger partial charge < -0.3 is 16.8 Å². The van der Waals surface area contributed by atoms with Crippen molar-refractivity contribution in [2.75, 3.05) is 16.8 Å². The van der Waals surface area contributed by atoms with E-state index in [2.05, 4.69) is 5.32 Å². The van der Waals surface area contributed by atoms with Crippen molar-refractivity contribution in [3.8, 4) is 0 Å². The molecule has 0 fully saturated rings. The smallest absolute Gasteiger partial charge is 0.255 e. The number of amides is 1. The van der Waals surface area contributed by atoms with Gasteiger partial charge in [0.1, 0.15) is 11.6 Å². The molecule has 0 radical (unpaired) electrons. The van der Waals surface area contributed by atoms with Gasteiger partial charge in [-0.1, -0.05) is 18.2 Å². The first-order chi connectivity index (χ1) is 13.3. The van der Waals surface area contributed by atoms with E-state index >= 15 is 0 Å². The zero-order valence-electron chi connectivity index (χ0n) is 14.7. The Morgan fingerprint density at radius 1 is 0.786 bits per heavy atom. The Morgan fingerprint density at radius 2 is 1.36 bits per heavy atom. The maximum atomic E-state index is 13.5. The second-order valence-corrected chi connectivity index (χ2v) is 6.22. The van der Waals surface area contributed by atoms with Crippen molar-refractivity contribution < 1.29 is 18.4 Å². The summed E-state index contributed by atoms with van der Waals surface area (Å²) in [5.41, 5.74) is 12.3. The minimum atomic E-state index is -0.627. The fourth-order valence-electron chi connectivity index (χ4n) is 2.58. The Balaban J connectivity index is 1.67. The lowest BCUT2D eigenvalue weighted by molar-refractivity contribution is 0.0989. The van der Waals surface area contributed by atoms with E-state index in [1.807, 2.05) is 0 Å². The zero-order valence-corrected chi connectivity index (χ0v) is 14.7. The summed E-state index contributed by atoms with van der Waals surface area (Å²) in [5.74, 6) is -1.88. The van der Waals surface area contributed by atoms with E-state index in [4.69, 9.17) is 11.5 Å². The van der Waals surface area contributed by atoms with Crippen LogP contribution in [-0.4, -0.2) is 11.7 Å². The second-order valence-electron chi connectivity index (χ2n) is 6.22. The van der Waals surface area contributed by atoms with Crippen molar-refractivity contribution in [3.63, 3.8) is 0 Å². The number of hydrogen-bond acceptors (Lipinski definition) is 4. The zero-order chi connectivity index (χ0) is 20.3. The van der Waals surface area contributed by atoms with Gasteiger partial charge in [-0.05, 0) is 48.0 Å². The number of nitrogens with two attached hydrogens (primary N) is 2. The predicted octanol–water partition coefficient (Wildman–Crippen LogP) is 3.81. The minimum absolute atomic E-state index is 0.00740. The van der Waals surface area contributed by atoms with E-state index in [0.29, 0.717) is 16.7 Å². The van der Waals surface area contributed by atoms with Gasteiger partial charge in [0.15, 0.2) is 5.78 Å². The van der Waals surface area contributed by atoms with E-state index in [1.54, 1.807) is 6.07 Å². The third-order valence-electron chi connectivity index (χ3n) is 4.16. The quantitative estimate of drug-likeness (QED) is 0.462. The van der Waals surface area contributed by atoms with Crippen LogP contribution in [0, 0.1) is 11.6 Å². The SMILES string of the molecule is Nc1ccc(CC(=O)c2ccc(C(=O)Nc3ccc(N)c(F)c3)cc2)cc1F. The van der Waals surface area contributed by atoms with Gasteiger partial charge in [-0.25, -0.2) is 8.78 Å². The second kappa shape index (κ2) is 7.87. The van der Waals surface area contributed by atoms with Crippen molar-refractivity contribution in [2.45, 2.75) is 6.42 Å². The summed E-state index contributed by atoms with van der Waals surface area (Å²) in [6.07, 6.45) is 0.00740. The molecule has 3 aromatic rings. The molecule has 0 saturated heterocycles. The van der Waals surface area contributed by atoms with Crippen molar-refractivity contribution in [3.05, 3.63) is 89.0 Å². The molecule has 5 N–H and O–H groups in total. The molecular weight excluding hydrogens is 364 g/mol. The minimum Gasteiger partial charge on any atom is -0.396 e. The topological polar surface area (TPSA) is 98.2 Å². The normalized spacial score (nSPS) is 10.5. The molecule has 3 rings (SSSR count). The van der Waals surface area contributed by atoms with Crippen LogP contribution >= 0.6 is 0 Å². The molecule has 28 heavy (non-hydrogen) atoms. The summed E-state index contributed by atoms with van der Waals surface area (Å²) in [5, 5.41) is 2.55. The van der Waals surface area contributed by atoms with Crippen LogP contribution in [0.4, 0.5) is 25.8 Å². The van der Waals surface area contributed by atoms with Gasteiger partial charge >= 0.3 is 0 Å². The fourth-order valence-corrected chi connectivity index (χ4v) is 2.58. The van der Waals surface area contributed by atoms with Gasteiger partial charge in [-0.15, -0.1) is 0 Å². The Morgan fingerprint density at radius 3 is 1.96 bits per heavy atom. The van der Waals surface area contributed by atoms with Crippen molar-refractivity contribution in [2.24, 2.45) is 0 Å². The number of hydrogen-bond donors (Lipinski definition) is 3. The number of ketones is 1. The van der Waals surface area contributed by atoms with E-state index in [-0.39, 0.29) is 29.3 Å². The maximum absolute atomic E-state index is 13.5. The monoisotopic (exact) mass is 381 g/mol. The third kappa shape index (κ3) is 4.32. The molecule has 0 bridgehead atoms. The van der Waals surface area contributed by atoms with Crippen LogP contribution in [0.1, 0.15) is 26.3 Å². The van der Waals surface area contributed by atoms with Gasteiger partial charge in [0.05, 0.1) is 11.4 Å². The Labute approximate surface area is 160 Å². The highest BCUT2D eigenvalue weighted by Gasteiger charge is 2.12. The highest BCUT2D eigenvalue weighted by Crippen LogP contribution is 2.18. The maximum Gasteiger partial charge on any atom is 0.255 e. The average Bonchev–Trinajstić information content (AvgIpc) is 2.67. The molecule has 0 spiro atoms. The lowest BCUT2D eigenvalue weighted by Crippen LogP contribution is -2.13. The van der Waals surface area contributed by atoms with Crippen LogP contribution in [0.25, 0.3) is 0 Å². The molecule has 0 heterocycles. The number of halogens is 2. The Hall–Kier alpha value is -3.74. The number of nitrogen functional groups attached to an aromatic ring is 2. The van der Waals surface area contributed by atoms with Gasteiger partial charge in [-0.3, -0.25) is 9.59 Å². The van der Waals surface area contributed by atoms with Gasteiger partial charge in [0.2, 0.25) is 0 Å². The lowest BCUT2D eigenvalue weighted by atomic mass is 10.0. The van der Waals surface area contributed by atoms with Crippen LogP contribution in [0.2, 0.25) is 0 Å². The van der Waals surface area contributed by atoms with Crippen molar-refractivity contribution in [1.82, 2.24) is 0 Å². The summed E-state index contributed by atoms with van der Waals surface area (Å²) >= 11 is 0. The van der Waals surface area contributed by atoms with Crippen LogP contribution in [0.15, 0.2) is 60.7 Å². The number of carbonyl (C=O) groups excluding carboxylic acids is 2. The highest BCUT2D eigenvalue weighted by molar-refractivity contribution is 6.05. The van der Waals surface area contributed by atoms with E-state index in [9.17, 15) is 18.4 Å². The molecule has 142 valence electrons. The third-order valence-corrected chi connectivity index (χ3v) is 4.16. The summed E-state index contributed by atoms with van der Waals surface area (Å²) in [6, 6.07) is 14.2. The summed E-state index contributed by atoms with van der Waals surface area (Å²) in [7, 11) is 0. The molecule has 0 atom stereocenters. The van der Waals surface area contributed by atoms with E-state index in [0.717, 1.165) is 6.07 Å². The largest absolute Gasteiger partial charge is 0.396 e. The molecule has 0 aliphatic heterocycles. The molecule has 0 aliphatic carbocycles. The van der Waals surface area contributed by atoms with Gasteiger partial charge in [0, 0.05) is 23.2 Å². The standard InChI is InChI=1S/C21H17F2N3O2/c22-16-9-12(1-7-18(16)24)10-20(27)13-2-4-14(5-3-13)21(28)26-15-6-8-19(25)17(23)11-15/h1-9,11H,10,24-25H2,(H,26,28). The number of carbonyl (C=O) groups is 2. The number of Topliss-reactive ketones (excluding diaryl/α,β-unsaturated/α-hetero) is 1. The molecule has 3 aromatic carbocycles. The van der Waals surface area contributed by atoms with E-state index < -0.39 is 17.5 Å². The first kappa shape index (κ1) is 19.0. The predicted molar refractivity (Wildman–Crippen MR) is 104 cm³/mol. The molecule has 0 saturated carbocycles. The molecule has 0 aliphatic rings. The van der Waals surface area contributed by atoms with Crippen LogP contribution < -0.4 is 16.8 Å². The molecule has 1 amide bonds. The van der Waals surface area contributed by atoms with Crippen molar-refractivity contribution in [1.29, 1.82) is 0 Å². The Kier molecular flexibility index (Phi) is 5.35. The summed E-state index contributed by atoms with van der Waals surface area (Å²) in [4.78, 5) is 24.6. The molecule has 7 heteroatoms. The van der Waals surface area contributed by atoms with Gasteiger partial charge in [-0.2, -0.15) is 0 Å². The summed E-state index contributed by atoms with van der Waals surface area (Å²) in [6.45, 7) is 0. The first-order valence-corrected chi connectivity index (χ1v) is 8.37. The number of anilines is 3. The molecule has 5 nitrogen and oxygen atoms in total. The molecule has 0 aromatic heterocycles. The fraction of sp³-hybridized carbons (Fsp3) is 0.0476. The van der Waals surface area contributed by atoms with Crippen LogP contribution in [-0.2, 0) is 6.42 Å². The number of benzene rings is 3. The molecular formula is C21H17F2N3O2. The number of nitrogens with one attached hydrogen (secondary N) is 1. The first-order valence-electron chi connectivity index (χ1n) is 8.37. The highest BCUT2D eigenvalue weighted by atomic mass is 19.1. The van der Waals surface area contributed by atoms with Crippen LogP contribution in [0.5, 0.6) is 0 Å².